The van der Waals surface area contributed by atoms with Crippen LogP contribution in [0.5, 0.6) is 5.75 Å². The SMILES string of the molecule is Nc1c(NCC2CC2)ccc(OS(=O)(=O)C(F)(F)F)c1C(F)(F)F. The highest BCUT2D eigenvalue weighted by atomic mass is 32.2. The van der Waals surface area contributed by atoms with Crippen molar-refractivity contribution in [2.45, 2.75) is 24.5 Å². The number of rotatable bonds is 5. The molecule has 0 aliphatic heterocycles. The fourth-order valence-electron chi connectivity index (χ4n) is 1.86. The van der Waals surface area contributed by atoms with Gasteiger partial charge in [-0.2, -0.15) is 34.8 Å². The first kappa shape index (κ1) is 18.5. The summed E-state index contributed by atoms with van der Waals surface area (Å²) in [6.45, 7) is 0.350. The van der Waals surface area contributed by atoms with Crippen molar-refractivity contribution >= 4 is 21.5 Å². The first-order valence-electron chi connectivity index (χ1n) is 6.57. The van der Waals surface area contributed by atoms with Gasteiger partial charge in [-0.3, -0.25) is 0 Å². The van der Waals surface area contributed by atoms with Crippen molar-refractivity contribution in [3.05, 3.63) is 17.7 Å². The highest BCUT2D eigenvalue weighted by Gasteiger charge is 2.50. The van der Waals surface area contributed by atoms with E-state index >= 15 is 0 Å². The van der Waals surface area contributed by atoms with Crippen molar-refractivity contribution in [3.63, 3.8) is 0 Å². The normalized spacial score (nSPS) is 16.1. The summed E-state index contributed by atoms with van der Waals surface area (Å²) in [5.41, 5.74) is -3.38. The molecule has 0 unspecified atom stereocenters. The maximum atomic E-state index is 13.1. The first-order valence-corrected chi connectivity index (χ1v) is 7.98. The van der Waals surface area contributed by atoms with Crippen LogP contribution in [0, 0.1) is 5.92 Å². The van der Waals surface area contributed by atoms with Crippen LogP contribution in [0.4, 0.5) is 37.7 Å². The molecule has 0 atom stereocenters. The summed E-state index contributed by atoms with van der Waals surface area (Å²) in [7, 11) is -6.25. The average molecular weight is 378 g/mol. The van der Waals surface area contributed by atoms with E-state index in [1.165, 1.54) is 0 Å². The van der Waals surface area contributed by atoms with Crippen LogP contribution in [0.15, 0.2) is 12.1 Å². The number of hydrogen-bond acceptors (Lipinski definition) is 5. The molecular formula is C12H12F6N2O3S. The molecule has 1 aliphatic rings. The lowest BCUT2D eigenvalue weighted by molar-refractivity contribution is -0.137. The predicted molar refractivity (Wildman–Crippen MR) is 72.7 cm³/mol. The van der Waals surface area contributed by atoms with Crippen LogP contribution in [0.2, 0.25) is 0 Å². The van der Waals surface area contributed by atoms with Gasteiger partial charge in [0.25, 0.3) is 0 Å². The molecule has 1 aliphatic carbocycles. The summed E-state index contributed by atoms with van der Waals surface area (Å²) >= 11 is 0. The van der Waals surface area contributed by atoms with Crippen molar-refractivity contribution in [1.29, 1.82) is 0 Å². The fraction of sp³-hybridized carbons (Fsp3) is 0.500. The Bertz CT molecular complexity index is 726. The Morgan fingerprint density at radius 2 is 1.75 bits per heavy atom. The van der Waals surface area contributed by atoms with Crippen molar-refractivity contribution in [1.82, 2.24) is 0 Å². The van der Waals surface area contributed by atoms with Gasteiger partial charge in [0.15, 0.2) is 5.75 Å². The van der Waals surface area contributed by atoms with E-state index in [-0.39, 0.29) is 5.69 Å². The quantitative estimate of drug-likeness (QED) is 0.356. The van der Waals surface area contributed by atoms with Crippen molar-refractivity contribution in [2.24, 2.45) is 5.92 Å². The third-order valence-corrected chi connectivity index (χ3v) is 4.22. The van der Waals surface area contributed by atoms with Gasteiger partial charge < -0.3 is 15.2 Å². The van der Waals surface area contributed by atoms with Gasteiger partial charge in [0.2, 0.25) is 0 Å². The zero-order chi connectivity index (χ0) is 18.3. The van der Waals surface area contributed by atoms with E-state index in [0.29, 0.717) is 18.5 Å². The molecule has 0 aromatic heterocycles. The minimum absolute atomic E-state index is 0.161. The van der Waals surface area contributed by atoms with Crippen LogP contribution >= 0.6 is 0 Å². The Balaban J connectivity index is 2.42. The zero-order valence-corrected chi connectivity index (χ0v) is 12.6. The fourth-order valence-corrected chi connectivity index (χ4v) is 2.33. The predicted octanol–water partition coefficient (Wildman–Crippen LogP) is 3.34. The molecule has 136 valence electrons. The molecule has 1 aromatic carbocycles. The Hall–Kier alpha value is -1.85. The summed E-state index contributed by atoms with van der Waals surface area (Å²) in [5.74, 6) is -1.24. The van der Waals surface area contributed by atoms with Gasteiger partial charge in [-0.05, 0) is 30.9 Å². The number of nitrogens with two attached hydrogens (primary N) is 1. The third-order valence-electron chi connectivity index (χ3n) is 3.25. The number of anilines is 2. The minimum atomic E-state index is -6.25. The van der Waals surface area contributed by atoms with Crippen molar-refractivity contribution in [2.75, 3.05) is 17.6 Å². The molecule has 0 amide bonds. The van der Waals surface area contributed by atoms with Gasteiger partial charge >= 0.3 is 21.8 Å². The van der Waals surface area contributed by atoms with Crippen LogP contribution < -0.4 is 15.2 Å². The summed E-state index contributed by atoms with van der Waals surface area (Å²) in [6, 6.07) is 1.42. The third kappa shape index (κ3) is 3.97. The van der Waals surface area contributed by atoms with Crippen molar-refractivity contribution < 1.29 is 38.9 Å². The van der Waals surface area contributed by atoms with Crippen LogP contribution in [0.1, 0.15) is 18.4 Å². The van der Waals surface area contributed by atoms with E-state index in [2.05, 4.69) is 9.50 Å². The van der Waals surface area contributed by atoms with Crippen LogP contribution in [-0.4, -0.2) is 20.5 Å². The van der Waals surface area contributed by atoms with Gasteiger partial charge in [-0.1, -0.05) is 0 Å². The summed E-state index contributed by atoms with van der Waals surface area (Å²) in [5, 5.41) is 2.66. The number of benzene rings is 1. The lowest BCUT2D eigenvalue weighted by atomic mass is 10.1. The minimum Gasteiger partial charge on any atom is -0.396 e. The molecule has 0 bridgehead atoms. The van der Waals surface area contributed by atoms with Gasteiger partial charge in [0, 0.05) is 6.54 Å². The Morgan fingerprint density at radius 3 is 2.21 bits per heavy atom. The molecule has 2 rings (SSSR count). The zero-order valence-electron chi connectivity index (χ0n) is 11.8. The first-order chi connectivity index (χ1) is 10.8. The van der Waals surface area contributed by atoms with Crippen LogP contribution in [0.25, 0.3) is 0 Å². The number of nitrogens with one attached hydrogen (secondary N) is 1. The summed E-state index contributed by atoms with van der Waals surface area (Å²) in [4.78, 5) is 0. The molecule has 3 N–H and O–H groups in total. The maximum Gasteiger partial charge on any atom is 0.534 e. The van der Waals surface area contributed by atoms with E-state index in [1.54, 1.807) is 0 Å². The molecule has 0 saturated heterocycles. The molecule has 24 heavy (non-hydrogen) atoms. The number of halogens is 6. The molecule has 0 spiro atoms. The van der Waals surface area contributed by atoms with Crippen molar-refractivity contribution in [3.8, 4) is 5.75 Å². The largest absolute Gasteiger partial charge is 0.534 e. The van der Waals surface area contributed by atoms with E-state index < -0.39 is 38.8 Å². The molecule has 12 heteroatoms. The van der Waals surface area contributed by atoms with Crippen LogP contribution in [-0.2, 0) is 16.3 Å². The van der Waals surface area contributed by atoms with E-state index in [4.69, 9.17) is 5.73 Å². The Kier molecular flexibility index (Phi) is 4.55. The van der Waals surface area contributed by atoms with E-state index in [0.717, 1.165) is 18.9 Å². The van der Waals surface area contributed by atoms with Gasteiger partial charge in [-0.15, -0.1) is 0 Å². The molecule has 1 fully saturated rings. The second-order valence-electron chi connectivity index (χ2n) is 5.21. The topological polar surface area (TPSA) is 81.4 Å². The smallest absolute Gasteiger partial charge is 0.396 e. The molecule has 1 aromatic rings. The lowest BCUT2D eigenvalue weighted by Crippen LogP contribution is -2.29. The molecule has 0 heterocycles. The summed E-state index contributed by atoms with van der Waals surface area (Å²) in [6.07, 6.45) is -3.40. The molecular weight excluding hydrogens is 366 g/mol. The van der Waals surface area contributed by atoms with Gasteiger partial charge in [0.1, 0.15) is 5.56 Å². The number of nitrogen functional groups attached to an aromatic ring is 1. The standard InChI is InChI=1S/C12H12F6N2O3S/c13-11(14,15)9-8(23-24(21,22)12(16,17)18)4-3-7(10(9)19)20-5-6-1-2-6/h3-4,6,20H,1-2,5,19H2. The van der Waals surface area contributed by atoms with Gasteiger partial charge in [0.05, 0.1) is 11.4 Å². The average Bonchev–Trinajstić information content (AvgIpc) is 3.18. The molecule has 0 radical (unpaired) electrons. The summed E-state index contributed by atoms with van der Waals surface area (Å²) < 4.78 is 102. The Morgan fingerprint density at radius 1 is 1.17 bits per heavy atom. The molecule has 1 saturated carbocycles. The highest BCUT2D eigenvalue weighted by molar-refractivity contribution is 7.88. The Labute approximate surface area is 132 Å². The number of hydrogen-bond donors (Lipinski definition) is 2. The molecule has 5 nitrogen and oxygen atoms in total. The monoisotopic (exact) mass is 378 g/mol. The van der Waals surface area contributed by atoms with Gasteiger partial charge in [-0.25, -0.2) is 0 Å². The lowest BCUT2D eigenvalue weighted by Gasteiger charge is -2.19. The van der Waals surface area contributed by atoms with Crippen LogP contribution in [0.3, 0.4) is 0 Å². The van der Waals surface area contributed by atoms with E-state index in [1.807, 2.05) is 0 Å². The second-order valence-corrected chi connectivity index (χ2v) is 6.74. The highest BCUT2D eigenvalue weighted by Crippen LogP contribution is 2.45. The number of alkyl halides is 6. The van der Waals surface area contributed by atoms with E-state index in [9.17, 15) is 34.8 Å². The maximum absolute atomic E-state index is 13.1. The second kappa shape index (κ2) is 5.90.